The number of hydrogen-bond donors (Lipinski definition) is 0. The van der Waals surface area contributed by atoms with Crippen LogP contribution in [0.4, 0.5) is 5.69 Å². The Balaban J connectivity index is 2.52. The van der Waals surface area contributed by atoms with Crippen LogP contribution in [0.15, 0.2) is 59.4 Å². The SMILES string of the molecule is O=c1cccccc1-c1ccc([N+](=O)[O-])cc1. The van der Waals surface area contributed by atoms with Crippen LogP contribution >= 0.6 is 0 Å². The van der Waals surface area contributed by atoms with Crippen molar-refractivity contribution < 1.29 is 4.92 Å². The molecule has 17 heavy (non-hydrogen) atoms. The first-order chi connectivity index (χ1) is 8.18. The van der Waals surface area contributed by atoms with E-state index in [0.29, 0.717) is 11.1 Å². The lowest BCUT2D eigenvalue weighted by Gasteiger charge is -1.97. The van der Waals surface area contributed by atoms with Crippen molar-refractivity contribution in [3.63, 3.8) is 0 Å². The van der Waals surface area contributed by atoms with E-state index in [0.717, 1.165) is 0 Å². The molecule has 4 heteroatoms. The van der Waals surface area contributed by atoms with Crippen LogP contribution in [0.25, 0.3) is 11.1 Å². The van der Waals surface area contributed by atoms with Crippen LogP contribution in [-0.4, -0.2) is 4.92 Å². The quantitative estimate of drug-likeness (QED) is 0.585. The summed E-state index contributed by atoms with van der Waals surface area (Å²) in [7, 11) is 0. The standard InChI is InChI=1S/C13H9NO3/c15-13-5-3-1-2-4-12(13)10-6-8-11(9-7-10)14(16)17/h1-9H. The normalized spacial score (nSPS) is 9.88. The molecule has 0 aromatic heterocycles. The van der Waals surface area contributed by atoms with E-state index >= 15 is 0 Å². The first kappa shape index (κ1) is 11.0. The molecule has 0 unspecified atom stereocenters. The maximum absolute atomic E-state index is 11.7. The van der Waals surface area contributed by atoms with Gasteiger partial charge in [-0.25, -0.2) is 0 Å². The van der Waals surface area contributed by atoms with E-state index < -0.39 is 4.92 Å². The zero-order valence-electron chi connectivity index (χ0n) is 8.87. The van der Waals surface area contributed by atoms with Gasteiger partial charge in [-0.2, -0.15) is 0 Å². The van der Waals surface area contributed by atoms with Gasteiger partial charge >= 0.3 is 0 Å². The van der Waals surface area contributed by atoms with Crippen LogP contribution in [0.3, 0.4) is 0 Å². The van der Waals surface area contributed by atoms with E-state index in [9.17, 15) is 14.9 Å². The maximum Gasteiger partial charge on any atom is 0.269 e. The van der Waals surface area contributed by atoms with Gasteiger partial charge in [0.2, 0.25) is 0 Å². The Kier molecular flexibility index (Phi) is 2.96. The molecule has 0 aliphatic rings. The van der Waals surface area contributed by atoms with Gasteiger partial charge in [-0.05, 0) is 23.8 Å². The van der Waals surface area contributed by atoms with Crippen LogP contribution in [-0.2, 0) is 0 Å². The minimum atomic E-state index is -0.465. The Morgan fingerprint density at radius 1 is 0.882 bits per heavy atom. The number of nitro benzene ring substituents is 1. The molecule has 0 saturated heterocycles. The van der Waals surface area contributed by atoms with Gasteiger partial charge in [0, 0.05) is 17.7 Å². The van der Waals surface area contributed by atoms with E-state index in [2.05, 4.69) is 0 Å². The van der Waals surface area contributed by atoms with Crippen molar-refractivity contribution >= 4 is 5.69 Å². The highest BCUT2D eigenvalue weighted by Gasteiger charge is 2.06. The number of nitrogens with zero attached hydrogens (tertiary/aromatic N) is 1. The molecule has 0 N–H and O–H groups in total. The Bertz CT molecular complexity index is 606. The minimum absolute atomic E-state index is 0.0153. The summed E-state index contributed by atoms with van der Waals surface area (Å²) < 4.78 is 0. The van der Waals surface area contributed by atoms with Gasteiger partial charge < -0.3 is 0 Å². The molecule has 2 rings (SSSR count). The molecule has 0 aliphatic heterocycles. The Morgan fingerprint density at radius 2 is 1.53 bits per heavy atom. The monoisotopic (exact) mass is 227 g/mol. The number of hydrogen-bond acceptors (Lipinski definition) is 3. The number of benzene rings is 1. The molecule has 0 bridgehead atoms. The summed E-state index contributed by atoms with van der Waals surface area (Å²) in [6.45, 7) is 0. The van der Waals surface area contributed by atoms with Crippen molar-refractivity contribution in [2.75, 3.05) is 0 Å². The largest absolute Gasteiger partial charge is 0.289 e. The molecule has 4 nitrogen and oxygen atoms in total. The summed E-state index contributed by atoms with van der Waals surface area (Å²) in [5.74, 6) is 0. The van der Waals surface area contributed by atoms with Crippen LogP contribution in [0, 0.1) is 10.1 Å². The lowest BCUT2D eigenvalue weighted by Crippen LogP contribution is -1.98. The molecule has 0 atom stereocenters. The van der Waals surface area contributed by atoms with Crippen molar-refractivity contribution in [3.8, 4) is 11.1 Å². The summed E-state index contributed by atoms with van der Waals surface area (Å²) in [5, 5.41) is 10.5. The maximum atomic E-state index is 11.7. The second kappa shape index (κ2) is 4.57. The van der Waals surface area contributed by atoms with Crippen molar-refractivity contribution in [3.05, 3.63) is 74.9 Å². The van der Waals surface area contributed by atoms with Gasteiger partial charge in [-0.3, -0.25) is 14.9 Å². The third-order valence-corrected chi connectivity index (χ3v) is 2.39. The highest BCUT2D eigenvalue weighted by atomic mass is 16.6. The fourth-order valence-electron chi connectivity index (χ4n) is 1.53. The van der Waals surface area contributed by atoms with Gasteiger partial charge in [0.1, 0.15) is 0 Å². The minimum Gasteiger partial charge on any atom is -0.289 e. The van der Waals surface area contributed by atoms with Crippen molar-refractivity contribution in [1.82, 2.24) is 0 Å². The summed E-state index contributed by atoms with van der Waals surface area (Å²) >= 11 is 0. The zero-order valence-corrected chi connectivity index (χ0v) is 8.87. The van der Waals surface area contributed by atoms with Crippen LogP contribution in [0.5, 0.6) is 0 Å². The van der Waals surface area contributed by atoms with Crippen molar-refractivity contribution in [2.45, 2.75) is 0 Å². The van der Waals surface area contributed by atoms with Crippen LogP contribution in [0.1, 0.15) is 0 Å². The number of nitro groups is 1. The molecular formula is C13H9NO3. The number of non-ortho nitro benzene ring substituents is 1. The second-order valence-corrected chi connectivity index (χ2v) is 3.49. The molecule has 0 aliphatic carbocycles. The highest BCUT2D eigenvalue weighted by molar-refractivity contribution is 5.64. The molecule has 2 aromatic rings. The molecule has 2 aromatic carbocycles. The van der Waals surface area contributed by atoms with Crippen LogP contribution in [0.2, 0.25) is 0 Å². The summed E-state index contributed by atoms with van der Waals surface area (Å²) in [6.07, 6.45) is 0. The fraction of sp³-hybridized carbons (Fsp3) is 0. The fourth-order valence-corrected chi connectivity index (χ4v) is 1.53. The van der Waals surface area contributed by atoms with E-state index in [1.807, 2.05) is 0 Å². The first-order valence-corrected chi connectivity index (χ1v) is 5.02. The smallest absolute Gasteiger partial charge is 0.269 e. The van der Waals surface area contributed by atoms with E-state index in [1.165, 1.54) is 18.2 Å². The van der Waals surface area contributed by atoms with Gasteiger partial charge in [0.15, 0.2) is 5.43 Å². The summed E-state index contributed by atoms with van der Waals surface area (Å²) in [6, 6.07) is 14.3. The van der Waals surface area contributed by atoms with E-state index in [4.69, 9.17) is 0 Å². The highest BCUT2D eigenvalue weighted by Crippen LogP contribution is 2.19. The van der Waals surface area contributed by atoms with Gasteiger partial charge in [-0.15, -0.1) is 0 Å². The van der Waals surface area contributed by atoms with Gasteiger partial charge in [0.05, 0.1) is 4.92 Å². The Morgan fingerprint density at radius 3 is 2.18 bits per heavy atom. The predicted octanol–water partition coefficient (Wildman–Crippen LogP) is 2.62. The molecular weight excluding hydrogens is 218 g/mol. The lowest BCUT2D eigenvalue weighted by atomic mass is 10.1. The third kappa shape index (κ3) is 2.36. The van der Waals surface area contributed by atoms with Crippen molar-refractivity contribution in [2.24, 2.45) is 0 Å². The molecule has 84 valence electrons. The van der Waals surface area contributed by atoms with E-state index in [1.54, 1.807) is 36.4 Å². The average Bonchev–Trinajstić information content (AvgIpc) is 2.54. The zero-order chi connectivity index (χ0) is 12.3. The van der Waals surface area contributed by atoms with Crippen LogP contribution < -0.4 is 5.43 Å². The molecule has 0 spiro atoms. The van der Waals surface area contributed by atoms with Gasteiger partial charge in [-0.1, -0.05) is 24.3 Å². The molecule has 0 amide bonds. The molecule has 0 heterocycles. The molecule has 0 saturated carbocycles. The Hall–Kier alpha value is -2.49. The Labute approximate surface area is 97.3 Å². The van der Waals surface area contributed by atoms with Crippen molar-refractivity contribution in [1.29, 1.82) is 0 Å². The summed E-state index contributed by atoms with van der Waals surface area (Å²) in [4.78, 5) is 21.7. The van der Waals surface area contributed by atoms with Gasteiger partial charge in [0.25, 0.3) is 5.69 Å². The first-order valence-electron chi connectivity index (χ1n) is 5.02. The average molecular weight is 227 g/mol. The third-order valence-electron chi connectivity index (χ3n) is 2.39. The topological polar surface area (TPSA) is 60.2 Å². The second-order valence-electron chi connectivity index (χ2n) is 3.49. The molecule has 0 fully saturated rings. The summed E-state index contributed by atoms with van der Waals surface area (Å²) in [5.41, 5.74) is 1.12. The number of rotatable bonds is 2. The lowest BCUT2D eigenvalue weighted by molar-refractivity contribution is -0.384. The molecule has 0 radical (unpaired) electrons. The predicted molar refractivity (Wildman–Crippen MR) is 64.8 cm³/mol. The van der Waals surface area contributed by atoms with E-state index in [-0.39, 0.29) is 11.1 Å².